The van der Waals surface area contributed by atoms with E-state index in [9.17, 15) is 4.79 Å². The molecule has 2 rings (SSSR count). The average molecular weight is 236 g/mol. The van der Waals surface area contributed by atoms with Gasteiger partial charge in [-0.3, -0.25) is 4.90 Å². The summed E-state index contributed by atoms with van der Waals surface area (Å²) in [4.78, 5) is 13.2. The van der Waals surface area contributed by atoms with Crippen molar-refractivity contribution in [1.82, 2.24) is 4.90 Å². The molecule has 1 aromatic rings. The molecule has 0 atom stereocenters. The summed E-state index contributed by atoms with van der Waals surface area (Å²) in [6, 6.07) is 5.17. The van der Waals surface area contributed by atoms with Crippen LogP contribution in [-0.2, 0) is 11.3 Å². The van der Waals surface area contributed by atoms with Crippen molar-refractivity contribution in [2.24, 2.45) is 0 Å². The molecule has 1 fully saturated rings. The summed E-state index contributed by atoms with van der Waals surface area (Å²) in [7, 11) is 0. The van der Waals surface area contributed by atoms with E-state index in [0.29, 0.717) is 5.69 Å². The zero-order chi connectivity index (χ0) is 12.3. The van der Waals surface area contributed by atoms with Gasteiger partial charge in [0.05, 0.1) is 18.8 Å². The van der Waals surface area contributed by atoms with Crippen molar-refractivity contribution in [3.8, 4) is 0 Å². The topological polar surface area (TPSA) is 75.8 Å². The van der Waals surface area contributed by atoms with E-state index in [0.717, 1.165) is 38.4 Å². The molecule has 0 amide bonds. The highest BCUT2D eigenvalue weighted by molar-refractivity contribution is 5.93. The van der Waals surface area contributed by atoms with Crippen LogP contribution < -0.4 is 5.73 Å². The minimum absolute atomic E-state index is 0.177. The summed E-state index contributed by atoms with van der Waals surface area (Å²) in [5.74, 6) is -0.980. The van der Waals surface area contributed by atoms with E-state index in [4.69, 9.17) is 15.6 Å². The Bertz CT molecular complexity index is 414. The van der Waals surface area contributed by atoms with Crippen LogP contribution in [0.3, 0.4) is 0 Å². The molecule has 5 nitrogen and oxygen atoms in total. The molecule has 1 aliphatic rings. The van der Waals surface area contributed by atoms with Crippen LogP contribution in [0.25, 0.3) is 0 Å². The first-order chi connectivity index (χ1) is 8.16. The number of aromatic carboxylic acids is 1. The average Bonchev–Trinajstić information content (AvgIpc) is 2.32. The summed E-state index contributed by atoms with van der Waals surface area (Å²) in [5, 5.41) is 8.98. The third-order valence-corrected chi connectivity index (χ3v) is 2.86. The van der Waals surface area contributed by atoms with Gasteiger partial charge in [0.15, 0.2) is 0 Å². The molecule has 0 aliphatic carbocycles. The van der Waals surface area contributed by atoms with Crippen molar-refractivity contribution in [1.29, 1.82) is 0 Å². The Balaban J connectivity index is 2.10. The lowest BCUT2D eigenvalue weighted by molar-refractivity contribution is 0.0341. The Kier molecular flexibility index (Phi) is 3.61. The van der Waals surface area contributed by atoms with Gasteiger partial charge in [0.25, 0.3) is 0 Å². The molecule has 5 heteroatoms. The van der Waals surface area contributed by atoms with Gasteiger partial charge in [0, 0.05) is 25.3 Å². The molecular weight excluding hydrogens is 220 g/mol. The number of benzene rings is 1. The fourth-order valence-electron chi connectivity index (χ4n) is 1.90. The van der Waals surface area contributed by atoms with Crippen molar-refractivity contribution >= 4 is 11.7 Å². The second kappa shape index (κ2) is 5.16. The van der Waals surface area contributed by atoms with Gasteiger partial charge in [-0.25, -0.2) is 4.79 Å². The summed E-state index contributed by atoms with van der Waals surface area (Å²) >= 11 is 0. The van der Waals surface area contributed by atoms with Gasteiger partial charge in [-0.2, -0.15) is 0 Å². The van der Waals surface area contributed by atoms with Gasteiger partial charge in [0.2, 0.25) is 0 Å². The number of rotatable bonds is 3. The predicted octanol–water partition coefficient (Wildman–Crippen LogP) is 0.799. The maximum Gasteiger partial charge on any atom is 0.337 e. The molecule has 1 aliphatic heterocycles. The molecule has 17 heavy (non-hydrogen) atoms. The van der Waals surface area contributed by atoms with E-state index in [1.54, 1.807) is 12.1 Å². The molecule has 0 radical (unpaired) electrons. The number of carboxylic acid groups (broad SMARTS) is 1. The Morgan fingerprint density at radius 1 is 1.41 bits per heavy atom. The van der Waals surface area contributed by atoms with Crippen LogP contribution in [0.2, 0.25) is 0 Å². The summed E-state index contributed by atoms with van der Waals surface area (Å²) in [6.07, 6.45) is 0. The van der Waals surface area contributed by atoms with Crippen LogP contribution in [0.5, 0.6) is 0 Å². The molecule has 1 aromatic carbocycles. The first kappa shape index (κ1) is 11.9. The van der Waals surface area contributed by atoms with E-state index in [1.807, 2.05) is 6.07 Å². The molecular formula is C12H16N2O3. The molecule has 1 heterocycles. The van der Waals surface area contributed by atoms with Crippen molar-refractivity contribution in [3.63, 3.8) is 0 Å². The monoisotopic (exact) mass is 236 g/mol. The smallest absolute Gasteiger partial charge is 0.337 e. The first-order valence-electron chi connectivity index (χ1n) is 5.58. The minimum Gasteiger partial charge on any atom is -0.478 e. The molecule has 3 N–H and O–H groups in total. The summed E-state index contributed by atoms with van der Waals surface area (Å²) < 4.78 is 5.26. The molecule has 0 saturated carbocycles. The predicted molar refractivity (Wildman–Crippen MR) is 63.9 cm³/mol. The van der Waals surface area contributed by atoms with Crippen LogP contribution in [-0.4, -0.2) is 42.3 Å². The van der Waals surface area contributed by atoms with Gasteiger partial charge >= 0.3 is 5.97 Å². The quantitative estimate of drug-likeness (QED) is 0.759. The van der Waals surface area contributed by atoms with Crippen LogP contribution in [0.4, 0.5) is 5.69 Å². The van der Waals surface area contributed by atoms with Gasteiger partial charge in [-0.1, -0.05) is 6.07 Å². The van der Waals surface area contributed by atoms with Gasteiger partial charge < -0.3 is 15.6 Å². The van der Waals surface area contributed by atoms with Gasteiger partial charge in [-0.15, -0.1) is 0 Å². The van der Waals surface area contributed by atoms with Crippen LogP contribution in [0.1, 0.15) is 15.9 Å². The molecule has 1 saturated heterocycles. The third kappa shape index (κ3) is 2.95. The number of nitrogens with zero attached hydrogens (tertiary/aromatic N) is 1. The number of hydrogen-bond donors (Lipinski definition) is 2. The zero-order valence-corrected chi connectivity index (χ0v) is 9.56. The largest absolute Gasteiger partial charge is 0.478 e. The van der Waals surface area contributed by atoms with Gasteiger partial charge in [0.1, 0.15) is 0 Å². The first-order valence-corrected chi connectivity index (χ1v) is 5.58. The molecule has 0 spiro atoms. The second-order valence-corrected chi connectivity index (χ2v) is 4.12. The van der Waals surface area contributed by atoms with Crippen LogP contribution >= 0.6 is 0 Å². The lowest BCUT2D eigenvalue weighted by Gasteiger charge is -2.26. The van der Waals surface area contributed by atoms with Crippen molar-refractivity contribution in [2.45, 2.75) is 6.54 Å². The zero-order valence-electron chi connectivity index (χ0n) is 9.56. The minimum atomic E-state index is -0.980. The van der Waals surface area contributed by atoms with Crippen molar-refractivity contribution < 1.29 is 14.6 Å². The highest BCUT2D eigenvalue weighted by atomic mass is 16.5. The highest BCUT2D eigenvalue weighted by Crippen LogP contribution is 2.16. The van der Waals surface area contributed by atoms with Crippen LogP contribution in [0, 0.1) is 0 Å². The maximum absolute atomic E-state index is 11.0. The number of ether oxygens (including phenoxy) is 1. The Morgan fingerprint density at radius 3 is 2.76 bits per heavy atom. The molecule has 0 aromatic heterocycles. The van der Waals surface area contributed by atoms with Gasteiger partial charge in [-0.05, 0) is 17.7 Å². The molecule has 92 valence electrons. The number of anilines is 1. The SMILES string of the molecule is Nc1ccc(CN2CCOCC2)cc1C(=O)O. The van der Waals surface area contributed by atoms with Crippen LogP contribution in [0.15, 0.2) is 18.2 Å². The summed E-state index contributed by atoms with van der Waals surface area (Å²) in [6.45, 7) is 3.98. The number of nitrogens with two attached hydrogens (primary N) is 1. The van der Waals surface area contributed by atoms with Crippen molar-refractivity contribution in [2.75, 3.05) is 32.0 Å². The normalized spacial score (nSPS) is 16.9. The van der Waals surface area contributed by atoms with E-state index in [2.05, 4.69) is 4.90 Å². The number of carboxylic acids is 1. The fraction of sp³-hybridized carbons (Fsp3) is 0.417. The number of hydrogen-bond acceptors (Lipinski definition) is 4. The van der Waals surface area contributed by atoms with E-state index < -0.39 is 5.97 Å². The van der Waals surface area contributed by atoms with E-state index in [-0.39, 0.29) is 5.56 Å². The summed E-state index contributed by atoms with van der Waals surface area (Å²) in [5.41, 5.74) is 7.07. The fourth-order valence-corrected chi connectivity index (χ4v) is 1.90. The number of nitrogen functional groups attached to an aromatic ring is 1. The highest BCUT2D eigenvalue weighted by Gasteiger charge is 2.13. The van der Waals surface area contributed by atoms with Crippen molar-refractivity contribution in [3.05, 3.63) is 29.3 Å². The maximum atomic E-state index is 11.0. The Hall–Kier alpha value is -1.59. The second-order valence-electron chi connectivity index (χ2n) is 4.12. The lowest BCUT2D eigenvalue weighted by atomic mass is 10.1. The number of carbonyl (C=O) groups is 1. The third-order valence-electron chi connectivity index (χ3n) is 2.86. The number of morpholine rings is 1. The Morgan fingerprint density at radius 2 is 2.12 bits per heavy atom. The van der Waals surface area contributed by atoms with E-state index in [1.165, 1.54) is 0 Å². The lowest BCUT2D eigenvalue weighted by Crippen LogP contribution is -2.35. The molecule has 0 bridgehead atoms. The Labute approximate surface area is 99.8 Å². The molecule has 0 unspecified atom stereocenters. The standard InChI is InChI=1S/C12H16N2O3/c13-11-2-1-9(7-10(11)12(15)16)8-14-3-5-17-6-4-14/h1-2,7H,3-6,8,13H2,(H,15,16). The van der Waals surface area contributed by atoms with E-state index >= 15 is 0 Å².